The van der Waals surface area contributed by atoms with Crippen molar-refractivity contribution in [3.8, 4) is 11.9 Å². The number of Topliss-reactive ketones (excluding diaryl/α,β-unsaturated/α-hetero) is 1. The summed E-state index contributed by atoms with van der Waals surface area (Å²) in [4.78, 5) is 15.7. The van der Waals surface area contributed by atoms with Crippen molar-refractivity contribution in [1.82, 2.24) is 4.98 Å². The van der Waals surface area contributed by atoms with Crippen LogP contribution in [0.3, 0.4) is 0 Å². The van der Waals surface area contributed by atoms with Gasteiger partial charge >= 0.3 is 0 Å². The van der Waals surface area contributed by atoms with Crippen LogP contribution in [0.1, 0.15) is 49.0 Å². The highest BCUT2D eigenvalue weighted by Crippen LogP contribution is 2.22. The number of rotatable bonds is 4. The van der Waals surface area contributed by atoms with Crippen LogP contribution >= 0.6 is 0 Å². The monoisotopic (exact) mass is 244 g/mol. The topological polar surface area (TPSA) is 63.0 Å². The van der Waals surface area contributed by atoms with E-state index < -0.39 is 0 Å². The van der Waals surface area contributed by atoms with Gasteiger partial charge in [0.25, 0.3) is 0 Å². The highest BCUT2D eigenvalue weighted by Gasteiger charge is 2.16. The number of nitrogens with zero attached hydrogens (tertiary/aromatic N) is 2. The summed E-state index contributed by atoms with van der Waals surface area (Å²) in [5.41, 5.74) is 0.310. The van der Waals surface area contributed by atoms with Crippen molar-refractivity contribution in [2.24, 2.45) is 0 Å². The number of hydrogen-bond donors (Lipinski definition) is 0. The largest absolute Gasteiger partial charge is 0.474 e. The molecule has 94 valence electrons. The zero-order valence-corrected chi connectivity index (χ0v) is 10.3. The molecule has 0 atom stereocenters. The SMILES string of the molecule is N#CCC(=O)c1cccc(OC2CCCCC2)n1. The van der Waals surface area contributed by atoms with Crippen LogP contribution in [-0.2, 0) is 0 Å². The summed E-state index contributed by atoms with van der Waals surface area (Å²) in [5, 5.41) is 8.50. The van der Waals surface area contributed by atoms with Crippen molar-refractivity contribution < 1.29 is 9.53 Å². The molecule has 0 aliphatic heterocycles. The molecule has 0 aromatic carbocycles. The highest BCUT2D eigenvalue weighted by molar-refractivity contribution is 5.95. The summed E-state index contributed by atoms with van der Waals surface area (Å²) >= 11 is 0. The predicted molar refractivity (Wildman–Crippen MR) is 66.3 cm³/mol. The van der Waals surface area contributed by atoms with Gasteiger partial charge in [-0.2, -0.15) is 5.26 Å². The number of carbonyl (C=O) groups is 1. The molecule has 1 heterocycles. The molecule has 0 saturated heterocycles. The van der Waals surface area contributed by atoms with Gasteiger partial charge in [0, 0.05) is 6.07 Å². The molecule has 2 rings (SSSR count). The summed E-state index contributed by atoms with van der Waals surface area (Å²) in [5.74, 6) is 0.234. The molecular weight excluding hydrogens is 228 g/mol. The number of ketones is 1. The van der Waals surface area contributed by atoms with E-state index in [0.717, 1.165) is 12.8 Å². The first-order valence-corrected chi connectivity index (χ1v) is 6.33. The van der Waals surface area contributed by atoms with Crippen molar-refractivity contribution in [1.29, 1.82) is 5.26 Å². The number of ether oxygens (including phenoxy) is 1. The average molecular weight is 244 g/mol. The van der Waals surface area contributed by atoms with E-state index in [1.165, 1.54) is 19.3 Å². The van der Waals surface area contributed by atoms with Gasteiger partial charge < -0.3 is 4.74 Å². The van der Waals surface area contributed by atoms with E-state index >= 15 is 0 Å². The molecule has 18 heavy (non-hydrogen) atoms. The first-order valence-electron chi connectivity index (χ1n) is 6.33. The Morgan fingerprint density at radius 3 is 2.89 bits per heavy atom. The molecule has 0 unspecified atom stereocenters. The Labute approximate surface area is 107 Å². The maximum absolute atomic E-state index is 11.5. The van der Waals surface area contributed by atoms with Crippen LogP contribution in [0.5, 0.6) is 5.88 Å². The van der Waals surface area contributed by atoms with E-state index in [0.29, 0.717) is 11.6 Å². The van der Waals surface area contributed by atoms with Gasteiger partial charge in [-0.3, -0.25) is 4.79 Å². The summed E-state index contributed by atoms with van der Waals surface area (Å²) in [7, 11) is 0. The molecule has 4 heteroatoms. The summed E-state index contributed by atoms with van der Waals surface area (Å²) in [6.45, 7) is 0. The molecule has 1 aliphatic carbocycles. The van der Waals surface area contributed by atoms with Gasteiger partial charge in [0.1, 0.15) is 18.2 Å². The Morgan fingerprint density at radius 1 is 1.39 bits per heavy atom. The van der Waals surface area contributed by atoms with E-state index in [4.69, 9.17) is 10.00 Å². The first kappa shape index (κ1) is 12.6. The molecule has 1 aromatic rings. The van der Waals surface area contributed by atoms with E-state index in [2.05, 4.69) is 4.98 Å². The summed E-state index contributed by atoms with van der Waals surface area (Å²) in [6.07, 6.45) is 5.84. The third-order valence-electron chi connectivity index (χ3n) is 3.09. The smallest absolute Gasteiger partial charge is 0.214 e. The van der Waals surface area contributed by atoms with E-state index in [9.17, 15) is 4.79 Å². The molecule has 0 spiro atoms. The highest BCUT2D eigenvalue weighted by atomic mass is 16.5. The van der Waals surface area contributed by atoms with Crippen LogP contribution in [0.15, 0.2) is 18.2 Å². The number of aromatic nitrogens is 1. The number of nitriles is 1. The normalized spacial score (nSPS) is 15.9. The molecule has 0 radical (unpaired) electrons. The second kappa shape index (κ2) is 6.15. The van der Waals surface area contributed by atoms with Gasteiger partial charge in [0.05, 0.1) is 6.07 Å². The third-order valence-corrected chi connectivity index (χ3v) is 3.09. The Bertz CT molecular complexity index is 459. The quantitative estimate of drug-likeness (QED) is 0.764. The van der Waals surface area contributed by atoms with Crippen LogP contribution in [0, 0.1) is 11.3 Å². The van der Waals surface area contributed by atoms with E-state index in [1.54, 1.807) is 18.2 Å². The summed E-state index contributed by atoms with van der Waals surface area (Å²) in [6, 6.07) is 6.96. The molecule has 0 bridgehead atoms. The Morgan fingerprint density at radius 2 is 2.17 bits per heavy atom. The summed E-state index contributed by atoms with van der Waals surface area (Å²) < 4.78 is 5.78. The fraction of sp³-hybridized carbons (Fsp3) is 0.500. The van der Waals surface area contributed by atoms with Gasteiger partial charge in [0.2, 0.25) is 5.88 Å². The van der Waals surface area contributed by atoms with Crippen LogP contribution in [0.25, 0.3) is 0 Å². The molecule has 1 aromatic heterocycles. The Hall–Kier alpha value is -1.89. The lowest BCUT2D eigenvalue weighted by molar-refractivity contribution is 0.0989. The molecule has 1 saturated carbocycles. The average Bonchev–Trinajstić information content (AvgIpc) is 2.40. The molecule has 4 nitrogen and oxygen atoms in total. The molecule has 0 N–H and O–H groups in total. The lowest BCUT2D eigenvalue weighted by Gasteiger charge is -2.22. The van der Waals surface area contributed by atoms with Crippen LogP contribution < -0.4 is 4.74 Å². The lowest BCUT2D eigenvalue weighted by atomic mass is 9.98. The molecular formula is C14H16N2O2. The number of carbonyl (C=O) groups excluding carboxylic acids is 1. The van der Waals surface area contributed by atoms with Gasteiger partial charge in [0.15, 0.2) is 5.78 Å². The maximum atomic E-state index is 11.5. The Balaban J connectivity index is 2.02. The standard InChI is InChI=1S/C14H16N2O2/c15-10-9-13(17)12-7-4-8-14(16-12)18-11-5-2-1-3-6-11/h4,7-8,11H,1-3,5-6,9H2. The van der Waals surface area contributed by atoms with E-state index in [-0.39, 0.29) is 18.3 Å². The van der Waals surface area contributed by atoms with Gasteiger partial charge in [-0.1, -0.05) is 12.5 Å². The lowest BCUT2D eigenvalue weighted by Crippen LogP contribution is -2.20. The first-order chi connectivity index (χ1) is 8.79. The van der Waals surface area contributed by atoms with Crippen LogP contribution in [0.4, 0.5) is 0 Å². The van der Waals surface area contributed by atoms with E-state index in [1.807, 2.05) is 6.07 Å². The van der Waals surface area contributed by atoms with Crippen LogP contribution in [0.2, 0.25) is 0 Å². The number of pyridine rings is 1. The van der Waals surface area contributed by atoms with Crippen molar-refractivity contribution in [3.63, 3.8) is 0 Å². The zero-order chi connectivity index (χ0) is 12.8. The molecule has 0 amide bonds. The van der Waals surface area contributed by atoms with Crippen molar-refractivity contribution in [2.75, 3.05) is 0 Å². The minimum atomic E-state index is -0.258. The molecule has 1 aliphatic rings. The minimum Gasteiger partial charge on any atom is -0.474 e. The van der Waals surface area contributed by atoms with Gasteiger partial charge in [-0.05, 0) is 31.7 Å². The zero-order valence-electron chi connectivity index (χ0n) is 10.3. The van der Waals surface area contributed by atoms with Crippen molar-refractivity contribution >= 4 is 5.78 Å². The molecule has 1 fully saturated rings. The predicted octanol–water partition coefficient (Wildman–Crippen LogP) is 2.89. The second-order valence-corrected chi connectivity index (χ2v) is 4.50. The van der Waals surface area contributed by atoms with Gasteiger partial charge in [-0.25, -0.2) is 4.98 Å². The fourth-order valence-corrected chi connectivity index (χ4v) is 2.15. The van der Waals surface area contributed by atoms with Crippen molar-refractivity contribution in [3.05, 3.63) is 23.9 Å². The minimum absolute atomic E-state index is 0.139. The van der Waals surface area contributed by atoms with Crippen molar-refractivity contribution in [2.45, 2.75) is 44.6 Å². The van der Waals surface area contributed by atoms with Crippen LogP contribution in [-0.4, -0.2) is 16.9 Å². The van der Waals surface area contributed by atoms with Gasteiger partial charge in [-0.15, -0.1) is 0 Å². The second-order valence-electron chi connectivity index (χ2n) is 4.50. The number of hydrogen-bond acceptors (Lipinski definition) is 4. The third kappa shape index (κ3) is 3.30. The fourth-order valence-electron chi connectivity index (χ4n) is 2.15. The Kier molecular flexibility index (Phi) is 4.30. The maximum Gasteiger partial charge on any atom is 0.214 e.